The zero-order valence-electron chi connectivity index (χ0n) is 11.6. The van der Waals surface area contributed by atoms with Crippen LogP contribution in [0.5, 0.6) is 0 Å². The lowest BCUT2D eigenvalue weighted by atomic mass is 9.88. The second kappa shape index (κ2) is 6.02. The van der Waals surface area contributed by atoms with Crippen molar-refractivity contribution in [2.24, 2.45) is 17.6 Å². The second-order valence-corrected chi connectivity index (χ2v) is 5.77. The normalized spacial score (nSPS) is 26.2. The Morgan fingerprint density at radius 2 is 2.06 bits per heavy atom. The van der Waals surface area contributed by atoms with Gasteiger partial charge in [0.05, 0.1) is 0 Å². The topological polar surface area (TPSA) is 29.3 Å². The molecule has 2 heteroatoms. The molecule has 2 unspecified atom stereocenters. The molecule has 1 saturated heterocycles. The van der Waals surface area contributed by atoms with Gasteiger partial charge in [-0.05, 0) is 37.6 Å². The molecule has 0 aromatic heterocycles. The molecule has 0 bridgehead atoms. The van der Waals surface area contributed by atoms with E-state index in [9.17, 15) is 0 Å². The van der Waals surface area contributed by atoms with Crippen LogP contribution in [0, 0.1) is 11.8 Å². The summed E-state index contributed by atoms with van der Waals surface area (Å²) in [6.45, 7) is 12.6. The number of nitrogens with zero attached hydrogens (tertiary/aromatic N) is 1. The maximum Gasteiger partial charge on any atom is 0.0329 e. The molecular weight excluding hydrogens is 196 g/mol. The highest BCUT2D eigenvalue weighted by atomic mass is 15.2. The van der Waals surface area contributed by atoms with Gasteiger partial charge in [0, 0.05) is 18.6 Å². The van der Waals surface area contributed by atoms with Crippen LogP contribution in [0.3, 0.4) is 0 Å². The van der Waals surface area contributed by atoms with E-state index >= 15 is 0 Å². The molecule has 96 valence electrons. The average Bonchev–Trinajstić information content (AvgIpc) is 2.76. The molecule has 2 N–H and O–H groups in total. The summed E-state index contributed by atoms with van der Waals surface area (Å²) in [5, 5.41) is 0. The molecule has 1 aliphatic rings. The molecule has 2 nitrogen and oxygen atoms in total. The summed E-state index contributed by atoms with van der Waals surface area (Å²) in [4.78, 5) is 2.68. The quantitative estimate of drug-likeness (QED) is 0.754. The van der Waals surface area contributed by atoms with Crippen LogP contribution in [0.1, 0.15) is 53.4 Å². The van der Waals surface area contributed by atoms with Gasteiger partial charge in [0.25, 0.3) is 0 Å². The summed E-state index contributed by atoms with van der Waals surface area (Å²) in [5.41, 5.74) is 6.35. The van der Waals surface area contributed by atoms with Gasteiger partial charge in [0.15, 0.2) is 0 Å². The Morgan fingerprint density at radius 3 is 2.44 bits per heavy atom. The predicted molar refractivity (Wildman–Crippen MR) is 71.5 cm³/mol. The molecule has 1 fully saturated rings. The first-order chi connectivity index (χ1) is 7.59. The summed E-state index contributed by atoms with van der Waals surface area (Å²) < 4.78 is 0. The first-order valence-electron chi connectivity index (χ1n) is 7.04. The van der Waals surface area contributed by atoms with Crippen LogP contribution in [0.25, 0.3) is 0 Å². The third-order valence-corrected chi connectivity index (χ3v) is 4.59. The summed E-state index contributed by atoms with van der Waals surface area (Å²) in [6.07, 6.45) is 5.06. The lowest BCUT2D eigenvalue weighted by Gasteiger charge is -2.41. The monoisotopic (exact) mass is 226 g/mol. The largest absolute Gasteiger partial charge is 0.329 e. The maximum atomic E-state index is 6.06. The highest BCUT2D eigenvalue weighted by molar-refractivity contribution is 4.94. The lowest BCUT2D eigenvalue weighted by Crippen LogP contribution is -2.52. The van der Waals surface area contributed by atoms with Crippen molar-refractivity contribution in [3.8, 4) is 0 Å². The van der Waals surface area contributed by atoms with Crippen molar-refractivity contribution in [2.45, 2.75) is 58.9 Å². The summed E-state index contributed by atoms with van der Waals surface area (Å²) in [6, 6.07) is 0. The Labute approximate surface area is 102 Å². The molecular formula is C14H30N2. The van der Waals surface area contributed by atoms with Gasteiger partial charge in [0.2, 0.25) is 0 Å². The van der Waals surface area contributed by atoms with E-state index in [0.29, 0.717) is 5.54 Å². The zero-order chi connectivity index (χ0) is 12.2. The average molecular weight is 226 g/mol. The Balaban J connectivity index is 2.66. The molecule has 16 heavy (non-hydrogen) atoms. The van der Waals surface area contributed by atoms with Crippen molar-refractivity contribution < 1.29 is 0 Å². The minimum absolute atomic E-state index is 0.290. The van der Waals surface area contributed by atoms with E-state index in [4.69, 9.17) is 5.73 Å². The Kier molecular flexibility index (Phi) is 5.26. The lowest BCUT2D eigenvalue weighted by molar-refractivity contribution is 0.0998. The van der Waals surface area contributed by atoms with Gasteiger partial charge in [0.1, 0.15) is 0 Å². The summed E-state index contributed by atoms with van der Waals surface area (Å²) >= 11 is 0. The minimum atomic E-state index is 0.290. The van der Waals surface area contributed by atoms with Crippen LogP contribution in [-0.2, 0) is 0 Å². The number of rotatable bonds is 6. The SMILES string of the molecule is CCCC(CC)(CN)N1CCC(C(C)C)C1. The summed E-state index contributed by atoms with van der Waals surface area (Å²) in [5.74, 6) is 1.70. The van der Waals surface area contributed by atoms with Crippen molar-refractivity contribution in [2.75, 3.05) is 19.6 Å². The number of hydrogen-bond acceptors (Lipinski definition) is 2. The molecule has 0 aliphatic carbocycles. The van der Waals surface area contributed by atoms with Gasteiger partial charge in [-0.1, -0.05) is 34.1 Å². The van der Waals surface area contributed by atoms with E-state index in [0.717, 1.165) is 18.4 Å². The van der Waals surface area contributed by atoms with Gasteiger partial charge in [-0.15, -0.1) is 0 Å². The molecule has 0 spiro atoms. The van der Waals surface area contributed by atoms with E-state index in [1.165, 1.54) is 38.8 Å². The van der Waals surface area contributed by atoms with Crippen LogP contribution >= 0.6 is 0 Å². The van der Waals surface area contributed by atoms with Crippen LogP contribution in [-0.4, -0.2) is 30.1 Å². The molecule has 1 rings (SSSR count). The van der Waals surface area contributed by atoms with E-state index in [-0.39, 0.29) is 0 Å². The van der Waals surface area contributed by atoms with Crippen molar-refractivity contribution >= 4 is 0 Å². The molecule has 1 heterocycles. The van der Waals surface area contributed by atoms with Gasteiger partial charge >= 0.3 is 0 Å². The standard InChI is InChI=1S/C14H30N2/c1-5-8-14(6-2,11-15)16-9-7-13(10-16)12(3)4/h12-13H,5-11,15H2,1-4H3. The van der Waals surface area contributed by atoms with E-state index < -0.39 is 0 Å². The number of hydrogen-bond donors (Lipinski definition) is 1. The highest BCUT2D eigenvalue weighted by Gasteiger charge is 2.38. The van der Waals surface area contributed by atoms with Gasteiger partial charge < -0.3 is 5.73 Å². The predicted octanol–water partition coefficient (Wildman–Crippen LogP) is 2.87. The van der Waals surface area contributed by atoms with Gasteiger partial charge in [-0.2, -0.15) is 0 Å². The minimum Gasteiger partial charge on any atom is -0.329 e. The van der Waals surface area contributed by atoms with Crippen LogP contribution in [0.4, 0.5) is 0 Å². The van der Waals surface area contributed by atoms with Crippen molar-refractivity contribution in [3.63, 3.8) is 0 Å². The molecule has 0 aromatic carbocycles. The first-order valence-corrected chi connectivity index (χ1v) is 7.04. The zero-order valence-corrected chi connectivity index (χ0v) is 11.6. The van der Waals surface area contributed by atoms with E-state index in [2.05, 4.69) is 32.6 Å². The van der Waals surface area contributed by atoms with Crippen molar-refractivity contribution in [1.29, 1.82) is 0 Å². The maximum absolute atomic E-state index is 6.06. The Hall–Kier alpha value is -0.0800. The number of likely N-dealkylation sites (tertiary alicyclic amines) is 1. The Morgan fingerprint density at radius 1 is 1.38 bits per heavy atom. The molecule has 0 aromatic rings. The van der Waals surface area contributed by atoms with Crippen LogP contribution in [0.15, 0.2) is 0 Å². The van der Waals surface area contributed by atoms with E-state index in [1.54, 1.807) is 0 Å². The van der Waals surface area contributed by atoms with Crippen LogP contribution < -0.4 is 5.73 Å². The third-order valence-electron chi connectivity index (χ3n) is 4.59. The van der Waals surface area contributed by atoms with Crippen molar-refractivity contribution in [1.82, 2.24) is 4.90 Å². The van der Waals surface area contributed by atoms with Crippen molar-refractivity contribution in [3.05, 3.63) is 0 Å². The first kappa shape index (κ1) is 14.0. The molecule has 0 saturated carbocycles. The van der Waals surface area contributed by atoms with Gasteiger partial charge in [-0.3, -0.25) is 4.90 Å². The molecule has 2 atom stereocenters. The fourth-order valence-corrected chi connectivity index (χ4v) is 3.16. The second-order valence-electron chi connectivity index (χ2n) is 5.77. The Bertz CT molecular complexity index is 197. The smallest absolute Gasteiger partial charge is 0.0329 e. The molecule has 0 radical (unpaired) electrons. The van der Waals surface area contributed by atoms with Gasteiger partial charge in [-0.25, -0.2) is 0 Å². The van der Waals surface area contributed by atoms with E-state index in [1.807, 2.05) is 0 Å². The fourth-order valence-electron chi connectivity index (χ4n) is 3.16. The van der Waals surface area contributed by atoms with Crippen LogP contribution in [0.2, 0.25) is 0 Å². The highest BCUT2D eigenvalue weighted by Crippen LogP contribution is 2.33. The summed E-state index contributed by atoms with van der Waals surface area (Å²) in [7, 11) is 0. The molecule has 1 aliphatic heterocycles. The number of nitrogens with two attached hydrogens (primary N) is 1. The third kappa shape index (κ3) is 2.78. The molecule has 0 amide bonds. The fraction of sp³-hybridized carbons (Fsp3) is 1.00.